The Bertz CT molecular complexity index is 1180. The number of amides is 1. The molecule has 0 saturated heterocycles. The molecule has 5 rings (SSSR count). The highest BCUT2D eigenvalue weighted by atomic mass is 16.6. The number of phenolic OH excluding ortho intramolecular Hbond substituents is 1. The van der Waals surface area contributed by atoms with Crippen LogP contribution in [0.2, 0.25) is 0 Å². The molecule has 1 amide bonds. The molecule has 0 unspecified atom stereocenters. The molecule has 0 atom stereocenters. The number of carbonyl (C=O) groups excluding carboxylic acids is 1. The van der Waals surface area contributed by atoms with E-state index < -0.39 is 0 Å². The van der Waals surface area contributed by atoms with E-state index in [1.54, 1.807) is 17.0 Å². The van der Waals surface area contributed by atoms with Crippen LogP contribution in [0.15, 0.2) is 72.8 Å². The molecule has 5 heteroatoms. The Morgan fingerprint density at radius 1 is 0.966 bits per heavy atom. The molecular formula is C24H20N2O3. The summed E-state index contributed by atoms with van der Waals surface area (Å²) in [5.41, 5.74) is 5.33. The zero-order valence-corrected chi connectivity index (χ0v) is 15.8. The van der Waals surface area contributed by atoms with E-state index in [2.05, 4.69) is 4.98 Å². The molecule has 1 aliphatic heterocycles. The lowest BCUT2D eigenvalue weighted by molar-refractivity contribution is 0.146. The van der Waals surface area contributed by atoms with E-state index >= 15 is 0 Å². The van der Waals surface area contributed by atoms with Gasteiger partial charge in [0.1, 0.15) is 11.5 Å². The van der Waals surface area contributed by atoms with Crippen LogP contribution in [0.25, 0.3) is 22.0 Å². The first-order valence-corrected chi connectivity index (χ1v) is 9.62. The van der Waals surface area contributed by atoms with Crippen molar-refractivity contribution in [2.45, 2.75) is 13.0 Å². The van der Waals surface area contributed by atoms with Crippen LogP contribution in [-0.2, 0) is 13.0 Å². The average molecular weight is 384 g/mol. The number of fused-ring (bicyclic) bond motifs is 3. The van der Waals surface area contributed by atoms with Crippen molar-refractivity contribution in [2.24, 2.45) is 0 Å². The van der Waals surface area contributed by atoms with Crippen molar-refractivity contribution in [3.8, 4) is 22.6 Å². The number of carbonyl (C=O) groups is 1. The molecule has 0 bridgehead atoms. The SMILES string of the molecule is O=C(Oc1ccc(-c2ccccc2)cc1)N1CCc2c([nH]c3ccc(O)cc23)C1. The Balaban J connectivity index is 1.30. The number of phenols is 1. The topological polar surface area (TPSA) is 65.6 Å². The number of aromatic hydroxyl groups is 1. The van der Waals surface area contributed by atoms with Crippen LogP contribution in [-0.4, -0.2) is 27.6 Å². The van der Waals surface area contributed by atoms with Gasteiger partial charge in [0.15, 0.2) is 0 Å². The third-order valence-electron chi connectivity index (χ3n) is 5.38. The molecule has 1 aromatic heterocycles. The van der Waals surface area contributed by atoms with Gasteiger partial charge in [-0.25, -0.2) is 4.79 Å². The minimum absolute atomic E-state index is 0.250. The standard InChI is InChI=1S/C24H20N2O3/c27-18-8-11-22-21(14-18)20-12-13-26(15-23(20)25-22)24(28)29-19-9-6-17(7-10-19)16-4-2-1-3-5-16/h1-11,14,25,27H,12-13,15H2. The van der Waals surface area contributed by atoms with Crippen LogP contribution < -0.4 is 4.74 Å². The number of ether oxygens (including phenoxy) is 1. The number of H-pyrrole nitrogens is 1. The van der Waals surface area contributed by atoms with Crippen molar-refractivity contribution >= 4 is 17.0 Å². The summed E-state index contributed by atoms with van der Waals surface area (Å²) in [7, 11) is 0. The molecule has 5 nitrogen and oxygen atoms in total. The highest BCUT2D eigenvalue weighted by Crippen LogP contribution is 2.30. The number of hydrogen-bond acceptors (Lipinski definition) is 3. The summed E-state index contributed by atoms with van der Waals surface area (Å²) in [4.78, 5) is 17.7. The van der Waals surface area contributed by atoms with E-state index in [9.17, 15) is 9.90 Å². The quantitative estimate of drug-likeness (QED) is 0.505. The lowest BCUT2D eigenvalue weighted by Crippen LogP contribution is -2.37. The number of rotatable bonds is 2. The molecular weight excluding hydrogens is 364 g/mol. The molecule has 0 spiro atoms. The Kier molecular flexibility index (Phi) is 4.21. The molecule has 3 aromatic carbocycles. The normalized spacial score (nSPS) is 13.3. The smallest absolute Gasteiger partial charge is 0.415 e. The summed E-state index contributed by atoms with van der Waals surface area (Å²) in [5.74, 6) is 0.780. The van der Waals surface area contributed by atoms with Gasteiger partial charge in [-0.2, -0.15) is 0 Å². The van der Waals surface area contributed by atoms with Crippen LogP contribution in [0.1, 0.15) is 11.3 Å². The maximum absolute atomic E-state index is 12.7. The van der Waals surface area contributed by atoms with Gasteiger partial charge in [-0.3, -0.25) is 0 Å². The van der Waals surface area contributed by atoms with Crippen molar-refractivity contribution in [1.82, 2.24) is 9.88 Å². The van der Waals surface area contributed by atoms with Crippen molar-refractivity contribution < 1.29 is 14.6 Å². The van der Waals surface area contributed by atoms with E-state index in [1.807, 2.05) is 60.7 Å². The highest BCUT2D eigenvalue weighted by Gasteiger charge is 2.25. The zero-order chi connectivity index (χ0) is 19.8. The molecule has 2 N–H and O–H groups in total. The van der Waals surface area contributed by atoms with E-state index in [0.717, 1.165) is 39.7 Å². The van der Waals surface area contributed by atoms with Crippen LogP contribution in [0.5, 0.6) is 11.5 Å². The Morgan fingerprint density at radius 3 is 2.52 bits per heavy atom. The van der Waals surface area contributed by atoms with Gasteiger partial charge in [0.05, 0.1) is 6.54 Å². The Labute approximate surface area is 168 Å². The van der Waals surface area contributed by atoms with E-state index in [-0.39, 0.29) is 11.8 Å². The predicted molar refractivity (Wildman–Crippen MR) is 112 cm³/mol. The fourth-order valence-electron chi connectivity index (χ4n) is 3.90. The van der Waals surface area contributed by atoms with Gasteiger partial charge < -0.3 is 19.7 Å². The third-order valence-corrected chi connectivity index (χ3v) is 5.38. The van der Waals surface area contributed by atoms with E-state index in [1.165, 1.54) is 0 Å². The van der Waals surface area contributed by atoms with Crippen LogP contribution in [0, 0.1) is 0 Å². The molecule has 0 radical (unpaired) electrons. The van der Waals surface area contributed by atoms with Crippen molar-refractivity contribution in [3.63, 3.8) is 0 Å². The fraction of sp³-hybridized carbons (Fsp3) is 0.125. The number of nitrogens with zero attached hydrogens (tertiary/aromatic N) is 1. The molecule has 144 valence electrons. The first-order chi connectivity index (χ1) is 14.2. The number of hydrogen-bond donors (Lipinski definition) is 2. The summed E-state index contributed by atoms with van der Waals surface area (Å²) >= 11 is 0. The summed E-state index contributed by atoms with van der Waals surface area (Å²) < 4.78 is 5.59. The third kappa shape index (κ3) is 3.31. The molecule has 0 fully saturated rings. The minimum Gasteiger partial charge on any atom is -0.508 e. The number of nitrogens with one attached hydrogen (secondary N) is 1. The molecule has 2 heterocycles. The molecule has 29 heavy (non-hydrogen) atoms. The van der Waals surface area contributed by atoms with Crippen LogP contribution in [0.3, 0.4) is 0 Å². The van der Waals surface area contributed by atoms with Gasteiger partial charge in [-0.05, 0) is 53.4 Å². The fourth-order valence-corrected chi connectivity index (χ4v) is 3.90. The average Bonchev–Trinajstić information content (AvgIpc) is 3.12. The number of aromatic amines is 1. The monoisotopic (exact) mass is 384 g/mol. The van der Waals surface area contributed by atoms with Gasteiger partial charge in [0.25, 0.3) is 0 Å². The molecule has 4 aromatic rings. The Morgan fingerprint density at radius 2 is 1.72 bits per heavy atom. The maximum atomic E-state index is 12.7. The lowest BCUT2D eigenvalue weighted by Gasteiger charge is -2.26. The summed E-state index contributed by atoms with van der Waals surface area (Å²) in [5, 5.41) is 10.8. The summed E-state index contributed by atoms with van der Waals surface area (Å²) in [6.45, 7) is 1.04. The minimum atomic E-state index is -0.357. The lowest BCUT2D eigenvalue weighted by atomic mass is 10.0. The second-order valence-corrected chi connectivity index (χ2v) is 7.24. The van der Waals surface area contributed by atoms with E-state index in [4.69, 9.17) is 4.74 Å². The molecule has 1 aliphatic rings. The predicted octanol–water partition coefficient (Wildman–Crippen LogP) is 5.10. The van der Waals surface area contributed by atoms with Gasteiger partial charge in [0, 0.05) is 23.1 Å². The van der Waals surface area contributed by atoms with Crippen molar-refractivity contribution in [2.75, 3.05) is 6.54 Å². The summed E-state index contributed by atoms with van der Waals surface area (Å²) in [6, 6.07) is 22.9. The van der Waals surface area contributed by atoms with Gasteiger partial charge >= 0.3 is 6.09 Å². The van der Waals surface area contributed by atoms with Crippen molar-refractivity contribution in [3.05, 3.63) is 84.1 Å². The largest absolute Gasteiger partial charge is 0.508 e. The first kappa shape index (κ1) is 17.4. The van der Waals surface area contributed by atoms with E-state index in [0.29, 0.717) is 18.8 Å². The second-order valence-electron chi connectivity index (χ2n) is 7.24. The second kappa shape index (κ2) is 7.02. The molecule has 0 aliphatic carbocycles. The first-order valence-electron chi connectivity index (χ1n) is 9.62. The summed E-state index contributed by atoms with van der Waals surface area (Å²) in [6.07, 6.45) is 0.366. The van der Waals surface area contributed by atoms with Gasteiger partial charge in [-0.1, -0.05) is 42.5 Å². The molecule has 0 saturated carbocycles. The maximum Gasteiger partial charge on any atom is 0.415 e. The number of aromatic nitrogens is 1. The van der Waals surface area contributed by atoms with Crippen LogP contribution >= 0.6 is 0 Å². The zero-order valence-electron chi connectivity index (χ0n) is 15.8. The van der Waals surface area contributed by atoms with Crippen LogP contribution in [0.4, 0.5) is 4.79 Å². The Hall–Kier alpha value is -3.73. The number of benzene rings is 3. The van der Waals surface area contributed by atoms with Crippen molar-refractivity contribution in [1.29, 1.82) is 0 Å². The highest BCUT2D eigenvalue weighted by molar-refractivity contribution is 5.86. The van der Waals surface area contributed by atoms with Gasteiger partial charge in [-0.15, -0.1) is 0 Å². The van der Waals surface area contributed by atoms with Gasteiger partial charge in [0.2, 0.25) is 0 Å².